The average Bonchev–Trinajstić information content (AvgIpc) is 3.05. The summed E-state index contributed by atoms with van der Waals surface area (Å²) in [4.78, 5) is 26.3. The zero-order valence-corrected chi connectivity index (χ0v) is 18.7. The monoisotopic (exact) mass is 449 g/mol. The quantitative estimate of drug-likeness (QED) is 0.646. The molecule has 1 aromatic carbocycles. The summed E-state index contributed by atoms with van der Waals surface area (Å²) in [7, 11) is 0. The maximum Gasteiger partial charge on any atom is 0.284 e. The third kappa shape index (κ3) is 4.78. The molecule has 1 amide bonds. The van der Waals surface area contributed by atoms with E-state index < -0.39 is 0 Å². The van der Waals surface area contributed by atoms with Crippen molar-refractivity contribution in [2.75, 3.05) is 0 Å². The Morgan fingerprint density at radius 1 is 1.00 bits per heavy atom. The van der Waals surface area contributed by atoms with Gasteiger partial charge in [0.2, 0.25) is 0 Å². The SMILES string of the molecule is O=C(NC1CCCCC1)c1cn(CC2CCCCC2)n(-c2ccc(Cl)cc2Cl)c1=O. The van der Waals surface area contributed by atoms with E-state index in [2.05, 4.69) is 5.32 Å². The molecule has 1 heterocycles. The smallest absolute Gasteiger partial charge is 0.284 e. The Hall–Kier alpha value is -1.72. The molecule has 0 bridgehead atoms. The molecule has 2 fully saturated rings. The van der Waals surface area contributed by atoms with E-state index in [4.69, 9.17) is 23.2 Å². The van der Waals surface area contributed by atoms with Gasteiger partial charge in [-0.15, -0.1) is 0 Å². The molecule has 1 N–H and O–H groups in total. The second-order valence-corrected chi connectivity index (χ2v) is 9.53. The number of aromatic nitrogens is 2. The second kappa shape index (κ2) is 9.61. The lowest BCUT2D eigenvalue weighted by molar-refractivity contribution is 0.0926. The first kappa shape index (κ1) is 21.5. The molecule has 2 aliphatic carbocycles. The first-order valence-corrected chi connectivity index (χ1v) is 11.9. The molecule has 2 saturated carbocycles. The molecule has 162 valence electrons. The Balaban J connectivity index is 1.68. The molecule has 0 spiro atoms. The summed E-state index contributed by atoms with van der Waals surface area (Å²) in [5, 5.41) is 3.98. The van der Waals surface area contributed by atoms with Gasteiger partial charge in [0.05, 0.1) is 10.7 Å². The molecule has 2 aromatic rings. The lowest BCUT2D eigenvalue weighted by atomic mass is 9.89. The van der Waals surface area contributed by atoms with Crippen molar-refractivity contribution in [3.05, 3.63) is 50.4 Å². The molecule has 0 radical (unpaired) electrons. The fraction of sp³-hybridized carbons (Fsp3) is 0.565. The number of carbonyl (C=O) groups is 1. The van der Waals surface area contributed by atoms with E-state index >= 15 is 0 Å². The van der Waals surface area contributed by atoms with Gasteiger partial charge in [-0.25, -0.2) is 4.68 Å². The van der Waals surface area contributed by atoms with Gasteiger partial charge in [-0.2, -0.15) is 0 Å². The number of amides is 1. The Bertz CT molecular complexity index is 954. The van der Waals surface area contributed by atoms with Crippen LogP contribution in [-0.2, 0) is 6.54 Å². The van der Waals surface area contributed by atoms with Crippen LogP contribution < -0.4 is 10.9 Å². The summed E-state index contributed by atoms with van der Waals surface area (Å²) in [6.07, 6.45) is 13.1. The zero-order valence-electron chi connectivity index (χ0n) is 17.2. The van der Waals surface area contributed by atoms with Gasteiger partial charge in [-0.05, 0) is 49.8 Å². The van der Waals surface area contributed by atoms with Crippen LogP contribution in [0.1, 0.15) is 74.6 Å². The molecular formula is C23H29Cl2N3O2. The van der Waals surface area contributed by atoms with Crippen LogP contribution in [0.25, 0.3) is 5.69 Å². The Morgan fingerprint density at radius 2 is 1.67 bits per heavy atom. The van der Waals surface area contributed by atoms with Crippen LogP contribution in [0.5, 0.6) is 0 Å². The summed E-state index contributed by atoms with van der Waals surface area (Å²) in [5.74, 6) is 0.213. The van der Waals surface area contributed by atoms with Crippen LogP contribution in [-0.4, -0.2) is 21.3 Å². The van der Waals surface area contributed by atoms with Crippen LogP contribution in [0, 0.1) is 5.92 Å². The van der Waals surface area contributed by atoms with E-state index in [0.29, 0.717) is 28.2 Å². The van der Waals surface area contributed by atoms with Crippen molar-refractivity contribution >= 4 is 29.1 Å². The largest absolute Gasteiger partial charge is 0.349 e. The highest BCUT2D eigenvalue weighted by molar-refractivity contribution is 6.35. The molecule has 30 heavy (non-hydrogen) atoms. The average molecular weight is 450 g/mol. The number of nitrogens with one attached hydrogen (secondary N) is 1. The van der Waals surface area contributed by atoms with Crippen molar-refractivity contribution in [3.8, 4) is 5.69 Å². The lowest BCUT2D eigenvalue weighted by Crippen LogP contribution is -2.38. The van der Waals surface area contributed by atoms with Crippen LogP contribution in [0.4, 0.5) is 0 Å². The molecule has 0 unspecified atom stereocenters. The highest BCUT2D eigenvalue weighted by Crippen LogP contribution is 2.27. The van der Waals surface area contributed by atoms with Gasteiger partial charge < -0.3 is 5.32 Å². The van der Waals surface area contributed by atoms with Crippen LogP contribution in [0.15, 0.2) is 29.2 Å². The predicted octanol–water partition coefficient (Wildman–Crippen LogP) is 5.59. The number of benzene rings is 1. The van der Waals surface area contributed by atoms with Gasteiger partial charge >= 0.3 is 0 Å². The lowest BCUT2D eigenvalue weighted by Gasteiger charge is -2.23. The first-order chi connectivity index (χ1) is 14.5. The van der Waals surface area contributed by atoms with Crippen molar-refractivity contribution in [1.29, 1.82) is 0 Å². The van der Waals surface area contributed by atoms with E-state index in [9.17, 15) is 9.59 Å². The van der Waals surface area contributed by atoms with Crippen molar-refractivity contribution in [2.45, 2.75) is 76.8 Å². The number of rotatable bonds is 5. The summed E-state index contributed by atoms with van der Waals surface area (Å²) >= 11 is 12.5. The van der Waals surface area contributed by atoms with Gasteiger partial charge in [0.15, 0.2) is 0 Å². The first-order valence-electron chi connectivity index (χ1n) is 11.1. The van der Waals surface area contributed by atoms with Crippen LogP contribution >= 0.6 is 23.2 Å². The van der Waals surface area contributed by atoms with Gasteiger partial charge in [0.1, 0.15) is 5.56 Å². The van der Waals surface area contributed by atoms with Gasteiger partial charge in [0.25, 0.3) is 11.5 Å². The minimum atomic E-state index is -0.330. The Morgan fingerprint density at radius 3 is 2.33 bits per heavy atom. The van der Waals surface area contributed by atoms with Crippen molar-refractivity contribution in [1.82, 2.24) is 14.7 Å². The van der Waals surface area contributed by atoms with Gasteiger partial charge in [-0.3, -0.25) is 14.3 Å². The summed E-state index contributed by atoms with van der Waals surface area (Å²) < 4.78 is 3.42. The minimum Gasteiger partial charge on any atom is -0.349 e. The van der Waals surface area contributed by atoms with Crippen molar-refractivity contribution in [2.24, 2.45) is 5.92 Å². The van der Waals surface area contributed by atoms with Gasteiger partial charge in [-0.1, -0.05) is 61.7 Å². The molecular weight excluding hydrogens is 421 g/mol. The van der Waals surface area contributed by atoms with E-state index in [-0.39, 0.29) is 23.1 Å². The summed E-state index contributed by atoms with van der Waals surface area (Å²) in [5.41, 5.74) is 0.407. The van der Waals surface area contributed by atoms with E-state index in [0.717, 1.165) is 38.5 Å². The maximum atomic E-state index is 13.3. The normalized spacial score (nSPS) is 18.5. The maximum absolute atomic E-state index is 13.3. The molecule has 1 aromatic heterocycles. The molecule has 2 aliphatic rings. The van der Waals surface area contributed by atoms with E-state index in [1.807, 2.05) is 4.68 Å². The second-order valence-electron chi connectivity index (χ2n) is 8.69. The summed E-state index contributed by atoms with van der Waals surface area (Å²) in [6.45, 7) is 0.699. The number of carbonyl (C=O) groups excluding carboxylic acids is 1. The third-order valence-electron chi connectivity index (χ3n) is 6.45. The fourth-order valence-electron chi connectivity index (χ4n) is 4.83. The summed E-state index contributed by atoms with van der Waals surface area (Å²) in [6, 6.07) is 5.24. The van der Waals surface area contributed by atoms with Gasteiger partial charge in [0, 0.05) is 23.8 Å². The topological polar surface area (TPSA) is 56.0 Å². The predicted molar refractivity (Wildman–Crippen MR) is 121 cm³/mol. The molecule has 4 rings (SSSR count). The molecule has 0 saturated heterocycles. The van der Waals surface area contributed by atoms with Crippen LogP contribution in [0.2, 0.25) is 10.0 Å². The molecule has 0 aliphatic heterocycles. The number of hydrogen-bond donors (Lipinski definition) is 1. The standard InChI is InChI=1S/C23H29Cl2N3O2/c24-17-11-12-21(20(25)13-17)28-23(30)19(22(29)26-18-9-5-2-6-10-18)15-27(28)14-16-7-3-1-4-8-16/h11-13,15-16,18H,1-10,14H2,(H,26,29). The van der Waals surface area contributed by atoms with E-state index in [1.165, 1.54) is 25.7 Å². The Kier molecular flexibility index (Phi) is 6.89. The molecule has 0 atom stereocenters. The molecule has 7 heteroatoms. The number of halogens is 2. The van der Waals surface area contributed by atoms with Crippen molar-refractivity contribution < 1.29 is 4.79 Å². The van der Waals surface area contributed by atoms with E-state index in [1.54, 1.807) is 29.1 Å². The fourth-order valence-corrected chi connectivity index (χ4v) is 5.32. The number of nitrogens with zero attached hydrogens (tertiary/aromatic N) is 2. The zero-order chi connectivity index (χ0) is 21.1. The third-order valence-corrected chi connectivity index (χ3v) is 6.99. The Labute approximate surface area is 187 Å². The number of hydrogen-bond acceptors (Lipinski definition) is 2. The van der Waals surface area contributed by atoms with Crippen molar-refractivity contribution in [3.63, 3.8) is 0 Å². The highest BCUT2D eigenvalue weighted by Gasteiger charge is 2.25. The molecule has 5 nitrogen and oxygen atoms in total. The highest BCUT2D eigenvalue weighted by atomic mass is 35.5. The van der Waals surface area contributed by atoms with Crippen LogP contribution in [0.3, 0.4) is 0 Å². The minimum absolute atomic E-state index is 0.153.